The first-order chi connectivity index (χ1) is 8.53. The Bertz CT molecular complexity index is 285. The first-order valence-corrected chi connectivity index (χ1v) is 7.99. The van der Waals surface area contributed by atoms with Crippen molar-refractivity contribution in [1.29, 1.82) is 0 Å². The second-order valence-corrected chi connectivity index (χ2v) is 7.90. The summed E-state index contributed by atoms with van der Waals surface area (Å²) in [6, 6.07) is 2.60. The molecular formula is C16H30N2. The molecule has 2 saturated heterocycles. The summed E-state index contributed by atoms with van der Waals surface area (Å²) in [5, 5.41) is 3.87. The Hall–Kier alpha value is -0.0800. The summed E-state index contributed by atoms with van der Waals surface area (Å²) in [7, 11) is 2.34. The van der Waals surface area contributed by atoms with E-state index in [1.54, 1.807) is 0 Å². The number of piperidine rings is 1. The molecule has 0 radical (unpaired) electrons. The largest absolute Gasteiger partial charge is 0.314 e. The summed E-state index contributed by atoms with van der Waals surface area (Å²) in [6.45, 7) is 6.12. The fraction of sp³-hybridized carbons (Fsp3) is 1.00. The smallest absolute Gasteiger partial charge is 0.00988 e. The third kappa shape index (κ3) is 2.60. The molecule has 3 aliphatic rings. The molecular weight excluding hydrogens is 220 g/mol. The highest BCUT2D eigenvalue weighted by atomic mass is 15.2. The van der Waals surface area contributed by atoms with Gasteiger partial charge in [0.15, 0.2) is 0 Å². The van der Waals surface area contributed by atoms with Gasteiger partial charge in [-0.25, -0.2) is 0 Å². The van der Waals surface area contributed by atoms with Crippen LogP contribution in [-0.2, 0) is 0 Å². The van der Waals surface area contributed by atoms with E-state index in [4.69, 9.17) is 0 Å². The maximum atomic E-state index is 3.87. The van der Waals surface area contributed by atoms with Crippen molar-refractivity contribution in [3.05, 3.63) is 0 Å². The van der Waals surface area contributed by atoms with Gasteiger partial charge in [0.25, 0.3) is 0 Å². The molecule has 2 heteroatoms. The molecule has 1 N–H and O–H groups in total. The molecule has 0 amide bonds. The monoisotopic (exact) mass is 250 g/mol. The van der Waals surface area contributed by atoms with E-state index < -0.39 is 0 Å². The second-order valence-electron chi connectivity index (χ2n) is 7.90. The topological polar surface area (TPSA) is 15.3 Å². The Labute approximate surface area is 113 Å². The SMILES string of the molecule is CN1C2CCC1CC(CNC1CCC(C)(C)C1)C2. The van der Waals surface area contributed by atoms with Crippen LogP contribution in [-0.4, -0.2) is 36.6 Å². The molecule has 1 saturated carbocycles. The van der Waals surface area contributed by atoms with E-state index in [0.29, 0.717) is 5.41 Å². The van der Waals surface area contributed by atoms with Crippen LogP contribution in [0.4, 0.5) is 0 Å². The molecule has 3 unspecified atom stereocenters. The minimum atomic E-state index is 0.587. The predicted octanol–water partition coefficient (Wildman–Crippen LogP) is 3.03. The van der Waals surface area contributed by atoms with Crippen molar-refractivity contribution in [3.63, 3.8) is 0 Å². The van der Waals surface area contributed by atoms with Gasteiger partial charge in [0.1, 0.15) is 0 Å². The van der Waals surface area contributed by atoms with Crippen LogP contribution in [0, 0.1) is 11.3 Å². The fourth-order valence-electron chi connectivity index (χ4n) is 4.63. The average Bonchev–Trinajstić information content (AvgIpc) is 2.74. The fourth-order valence-corrected chi connectivity index (χ4v) is 4.63. The summed E-state index contributed by atoms with van der Waals surface area (Å²) < 4.78 is 0. The Morgan fingerprint density at radius 2 is 1.78 bits per heavy atom. The minimum Gasteiger partial charge on any atom is -0.314 e. The van der Waals surface area contributed by atoms with Crippen molar-refractivity contribution < 1.29 is 0 Å². The quantitative estimate of drug-likeness (QED) is 0.828. The van der Waals surface area contributed by atoms with E-state index in [2.05, 4.69) is 31.1 Å². The highest BCUT2D eigenvalue weighted by Crippen LogP contribution is 2.39. The van der Waals surface area contributed by atoms with Crippen LogP contribution in [0.1, 0.15) is 58.8 Å². The van der Waals surface area contributed by atoms with Crippen molar-refractivity contribution in [2.24, 2.45) is 11.3 Å². The number of nitrogens with one attached hydrogen (secondary N) is 1. The zero-order valence-electron chi connectivity index (χ0n) is 12.4. The normalized spacial score (nSPS) is 43.5. The van der Waals surface area contributed by atoms with Crippen LogP contribution in [0.3, 0.4) is 0 Å². The molecule has 0 aromatic carbocycles. The molecule has 3 atom stereocenters. The minimum absolute atomic E-state index is 0.587. The van der Waals surface area contributed by atoms with Gasteiger partial charge in [-0.2, -0.15) is 0 Å². The van der Waals surface area contributed by atoms with E-state index in [0.717, 1.165) is 24.0 Å². The first-order valence-electron chi connectivity index (χ1n) is 7.99. The third-order valence-electron chi connectivity index (χ3n) is 5.86. The molecule has 104 valence electrons. The van der Waals surface area contributed by atoms with Crippen molar-refractivity contribution in [2.75, 3.05) is 13.6 Å². The van der Waals surface area contributed by atoms with Gasteiger partial charge in [-0.05, 0) is 69.9 Å². The summed E-state index contributed by atoms with van der Waals surface area (Å²) in [5.74, 6) is 0.947. The van der Waals surface area contributed by atoms with Gasteiger partial charge in [-0.1, -0.05) is 13.8 Å². The highest BCUT2D eigenvalue weighted by molar-refractivity contribution is 4.94. The van der Waals surface area contributed by atoms with Crippen LogP contribution in [0.2, 0.25) is 0 Å². The standard InChI is InChI=1S/C16H30N2/c1-16(2)7-6-13(10-16)17-11-12-8-14-4-5-15(9-12)18(14)3/h12-15,17H,4-11H2,1-3H3. The maximum Gasteiger partial charge on any atom is 0.00988 e. The van der Waals surface area contributed by atoms with Crippen molar-refractivity contribution in [1.82, 2.24) is 10.2 Å². The van der Waals surface area contributed by atoms with Gasteiger partial charge in [0, 0.05) is 18.1 Å². The zero-order valence-corrected chi connectivity index (χ0v) is 12.4. The van der Waals surface area contributed by atoms with E-state index >= 15 is 0 Å². The second kappa shape index (κ2) is 4.79. The van der Waals surface area contributed by atoms with Crippen LogP contribution in [0.25, 0.3) is 0 Å². The Balaban J connectivity index is 1.45. The molecule has 0 aromatic rings. The molecule has 2 nitrogen and oxygen atoms in total. The van der Waals surface area contributed by atoms with Crippen LogP contribution < -0.4 is 5.32 Å². The number of rotatable bonds is 3. The van der Waals surface area contributed by atoms with Gasteiger partial charge >= 0.3 is 0 Å². The molecule has 2 aliphatic heterocycles. The van der Waals surface area contributed by atoms with Gasteiger partial charge in [0.2, 0.25) is 0 Å². The van der Waals surface area contributed by atoms with Gasteiger partial charge in [-0.3, -0.25) is 0 Å². The maximum absolute atomic E-state index is 3.87. The molecule has 1 aliphatic carbocycles. The van der Waals surface area contributed by atoms with Gasteiger partial charge in [0.05, 0.1) is 0 Å². The first kappa shape index (κ1) is 12.9. The van der Waals surface area contributed by atoms with E-state index in [1.165, 1.54) is 51.5 Å². The van der Waals surface area contributed by atoms with E-state index in [9.17, 15) is 0 Å². The number of nitrogens with zero attached hydrogens (tertiary/aromatic N) is 1. The van der Waals surface area contributed by atoms with Crippen LogP contribution in [0.5, 0.6) is 0 Å². The molecule has 3 fully saturated rings. The Morgan fingerprint density at radius 3 is 2.33 bits per heavy atom. The van der Waals surface area contributed by atoms with Crippen molar-refractivity contribution in [3.8, 4) is 0 Å². The Kier molecular flexibility index (Phi) is 3.44. The van der Waals surface area contributed by atoms with E-state index in [-0.39, 0.29) is 0 Å². The number of hydrogen-bond acceptors (Lipinski definition) is 2. The lowest BCUT2D eigenvalue weighted by atomic mass is 9.90. The molecule has 0 aromatic heterocycles. The average molecular weight is 250 g/mol. The van der Waals surface area contributed by atoms with Gasteiger partial charge in [-0.15, -0.1) is 0 Å². The molecule has 0 spiro atoms. The summed E-state index contributed by atoms with van der Waals surface area (Å²) in [6.07, 6.45) is 9.97. The van der Waals surface area contributed by atoms with Crippen LogP contribution in [0.15, 0.2) is 0 Å². The predicted molar refractivity (Wildman–Crippen MR) is 76.7 cm³/mol. The summed E-state index contributed by atoms with van der Waals surface area (Å²) in [5.41, 5.74) is 0.587. The number of fused-ring (bicyclic) bond motifs is 2. The van der Waals surface area contributed by atoms with E-state index in [1.807, 2.05) is 0 Å². The third-order valence-corrected chi connectivity index (χ3v) is 5.86. The summed E-state index contributed by atoms with van der Waals surface area (Å²) >= 11 is 0. The highest BCUT2D eigenvalue weighted by Gasteiger charge is 2.38. The Morgan fingerprint density at radius 1 is 1.11 bits per heavy atom. The van der Waals surface area contributed by atoms with Crippen molar-refractivity contribution in [2.45, 2.75) is 76.9 Å². The lowest BCUT2D eigenvalue weighted by Gasteiger charge is -2.37. The lowest BCUT2D eigenvalue weighted by molar-refractivity contribution is 0.131. The van der Waals surface area contributed by atoms with Crippen LogP contribution >= 0.6 is 0 Å². The number of hydrogen-bond donors (Lipinski definition) is 1. The van der Waals surface area contributed by atoms with Gasteiger partial charge < -0.3 is 10.2 Å². The molecule has 2 bridgehead atoms. The molecule has 3 rings (SSSR count). The molecule has 2 heterocycles. The summed E-state index contributed by atoms with van der Waals surface area (Å²) in [4.78, 5) is 2.65. The van der Waals surface area contributed by atoms with Crippen molar-refractivity contribution >= 4 is 0 Å². The molecule has 18 heavy (non-hydrogen) atoms. The lowest BCUT2D eigenvalue weighted by Crippen LogP contribution is -2.43. The zero-order chi connectivity index (χ0) is 12.8.